The van der Waals surface area contributed by atoms with E-state index in [2.05, 4.69) is 5.32 Å². The van der Waals surface area contributed by atoms with Crippen molar-refractivity contribution in [3.8, 4) is 5.75 Å². The van der Waals surface area contributed by atoms with E-state index in [0.717, 1.165) is 17.7 Å². The molecule has 0 aromatic heterocycles. The minimum absolute atomic E-state index is 0.191. The maximum absolute atomic E-state index is 13.9. The van der Waals surface area contributed by atoms with Crippen LogP contribution in [0.15, 0.2) is 36.4 Å². The van der Waals surface area contributed by atoms with Crippen molar-refractivity contribution in [2.75, 3.05) is 6.54 Å². The fourth-order valence-corrected chi connectivity index (χ4v) is 2.37. The monoisotopic (exact) mass is 327 g/mol. The lowest BCUT2D eigenvalue weighted by Crippen LogP contribution is -2.13. The van der Waals surface area contributed by atoms with Gasteiger partial charge in [0.25, 0.3) is 0 Å². The number of halogens is 3. The normalized spacial score (nSPS) is 10.7. The van der Waals surface area contributed by atoms with E-state index in [4.69, 9.17) is 27.9 Å². The maximum Gasteiger partial charge on any atom is 0.165 e. The summed E-state index contributed by atoms with van der Waals surface area (Å²) in [6, 6.07) is 10.0. The second-order valence-corrected chi connectivity index (χ2v) is 5.38. The molecule has 5 heteroatoms. The van der Waals surface area contributed by atoms with E-state index in [1.165, 1.54) is 6.07 Å². The molecule has 0 heterocycles. The molecule has 112 valence electrons. The predicted molar refractivity (Wildman–Crippen MR) is 84.6 cm³/mol. The number of rotatable bonds is 6. The molecule has 0 amide bonds. The van der Waals surface area contributed by atoms with Gasteiger partial charge in [-0.25, -0.2) is 4.39 Å². The Bertz CT molecular complexity index is 619. The largest absolute Gasteiger partial charge is 0.485 e. The Kier molecular flexibility index (Phi) is 5.85. The molecule has 2 nitrogen and oxygen atoms in total. The zero-order valence-electron chi connectivity index (χ0n) is 11.6. The SMILES string of the molecule is CCNCc1cccc(F)c1OCc1ccc(Cl)cc1Cl. The highest BCUT2D eigenvalue weighted by atomic mass is 35.5. The predicted octanol–water partition coefficient (Wildman–Crippen LogP) is 4.82. The number of para-hydroxylation sites is 1. The van der Waals surface area contributed by atoms with Gasteiger partial charge in [-0.1, -0.05) is 48.3 Å². The van der Waals surface area contributed by atoms with Gasteiger partial charge in [-0.2, -0.15) is 0 Å². The van der Waals surface area contributed by atoms with E-state index >= 15 is 0 Å². The molecule has 2 rings (SSSR count). The summed E-state index contributed by atoms with van der Waals surface area (Å²) >= 11 is 11.9. The third-order valence-electron chi connectivity index (χ3n) is 3.00. The van der Waals surface area contributed by atoms with E-state index in [1.54, 1.807) is 24.3 Å². The summed E-state index contributed by atoms with van der Waals surface area (Å²) in [6.07, 6.45) is 0. The highest BCUT2D eigenvalue weighted by molar-refractivity contribution is 6.35. The lowest BCUT2D eigenvalue weighted by molar-refractivity contribution is 0.286. The molecule has 2 aromatic rings. The van der Waals surface area contributed by atoms with Gasteiger partial charge in [0.1, 0.15) is 6.61 Å². The average molecular weight is 328 g/mol. The van der Waals surface area contributed by atoms with Gasteiger partial charge < -0.3 is 10.1 Å². The molecular weight excluding hydrogens is 312 g/mol. The summed E-state index contributed by atoms with van der Waals surface area (Å²) in [5, 5.41) is 4.22. The molecule has 0 spiro atoms. The second-order valence-electron chi connectivity index (χ2n) is 4.53. The molecule has 0 unspecified atom stereocenters. The standard InChI is InChI=1S/C16H16Cl2FNO/c1-2-20-9-11-4-3-5-15(19)16(11)21-10-12-6-7-13(17)8-14(12)18/h3-8,20H,2,9-10H2,1H3. The van der Waals surface area contributed by atoms with Crippen LogP contribution in [0.1, 0.15) is 18.1 Å². The van der Waals surface area contributed by atoms with Crippen LogP contribution < -0.4 is 10.1 Å². The van der Waals surface area contributed by atoms with Crippen LogP contribution in [0.4, 0.5) is 4.39 Å². The first-order chi connectivity index (χ1) is 10.1. The van der Waals surface area contributed by atoms with E-state index < -0.39 is 0 Å². The Morgan fingerprint density at radius 2 is 1.95 bits per heavy atom. The average Bonchev–Trinajstić information content (AvgIpc) is 2.45. The molecule has 0 radical (unpaired) electrons. The van der Waals surface area contributed by atoms with Gasteiger partial charge in [-0.05, 0) is 24.7 Å². The van der Waals surface area contributed by atoms with E-state index in [0.29, 0.717) is 16.6 Å². The van der Waals surface area contributed by atoms with Crippen molar-refractivity contribution < 1.29 is 9.13 Å². The van der Waals surface area contributed by atoms with Crippen LogP contribution in [0.25, 0.3) is 0 Å². The van der Waals surface area contributed by atoms with Crippen molar-refractivity contribution in [3.63, 3.8) is 0 Å². The topological polar surface area (TPSA) is 21.3 Å². The third-order valence-corrected chi connectivity index (χ3v) is 3.59. The second kappa shape index (κ2) is 7.64. The van der Waals surface area contributed by atoms with Gasteiger partial charge in [0.15, 0.2) is 11.6 Å². The first-order valence-electron chi connectivity index (χ1n) is 6.66. The van der Waals surface area contributed by atoms with Crippen LogP contribution in [0, 0.1) is 5.82 Å². The van der Waals surface area contributed by atoms with E-state index in [9.17, 15) is 4.39 Å². The maximum atomic E-state index is 13.9. The smallest absolute Gasteiger partial charge is 0.165 e. The summed E-state index contributed by atoms with van der Waals surface area (Å²) in [5.41, 5.74) is 1.54. The number of nitrogens with one attached hydrogen (secondary N) is 1. The minimum atomic E-state index is -0.379. The van der Waals surface area contributed by atoms with Crippen molar-refractivity contribution in [3.05, 3.63) is 63.4 Å². The molecule has 1 N–H and O–H groups in total. The summed E-state index contributed by atoms with van der Waals surface area (Å²) < 4.78 is 19.6. The molecule has 0 aliphatic heterocycles. The highest BCUT2D eigenvalue weighted by Gasteiger charge is 2.11. The Hall–Kier alpha value is -1.29. The van der Waals surface area contributed by atoms with E-state index in [1.807, 2.05) is 13.0 Å². The number of hydrogen-bond acceptors (Lipinski definition) is 2. The van der Waals surface area contributed by atoms with Crippen molar-refractivity contribution >= 4 is 23.2 Å². The molecule has 0 aliphatic rings. The van der Waals surface area contributed by atoms with Gasteiger partial charge in [-0.15, -0.1) is 0 Å². The zero-order chi connectivity index (χ0) is 15.2. The highest BCUT2D eigenvalue weighted by Crippen LogP contribution is 2.26. The first-order valence-corrected chi connectivity index (χ1v) is 7.42. The summed E-state index contributed by atoms with van der Waals surface area (Å²) in [6.45, 7) is 3.54. The van der Waals surface area contributed by atoms with E-state index in [-0.39, 0.29) is 18.2 Å². The van der Waals surface area contributed by atoms with Gasteiger partial charge in [0.05, 0.1) is 0 Å². The molecular formula is C16H16Cl2FNO. The molecule has 21 heavy (non-hydrogen) atoms. The Balaban J connectivity index is 2.15. The number of benzene rings is 2. The molecule has 2 aromatic carbocycles. The van der Waals surface area contributed by atoms with Crippen LogP contribution in [0.2, 0.25) is 10.0 Å². The molecule has 0 saturated heterocycles. The van der Waals surface area contributed by atoms with Crippen LogP contribution >= 0.6 is 23.2 Å². The summed E-state index contributed by atoms with van der Waals surface area (Å²) in [7, 11) is 0. The van der Waals surface area contributed by atoms with Crippen LogP contribution in [-0.2, 0) is 13.2 Å². The third kappa shape index (κ3) is 4.34. The van der Waals surface area contributed by atoms with Gasteiger partial charge in [0, 0.05) is 27.7 Å². The molecule has 0 atom stereocenters. The lowest BCUT2D eigenvalue weighted by Gasteiger charge is -2.13. The van der Waals surface area contributed by atoms with Crippen molar-refractivity contribution in [2.24, 2.45) is 0 Å². The van der Waals surface area contributed by atoms with Crippen molar-refractivity contribution in [1.29, 1.82) is 0 Å². The van der Waals surface area contributed by atoms with Crippen molar-refractivity contribution in [1.82, 2.24) is 5.32 Å². The van der Waals surface area contributed by atoms with Gasteiger partial charge in [-0.3, -0.25) is 0 Å². The van der Waals surface area contributed by atoms with Crippen LogP contribution in [0.3, 0.4) is 0 Å². The molecule has 0 fully saturated rings. The quantitative estimate of drug-likeness (QED) is 0.821. The molecule has 0 aliphatic carbocycles. The summed E-state index contributed by atoms with van der Waals surface area (Å²) in [5.74, 6) is -0.125. The Morgan fingerprint density at radius 1 is 1.14 bits per heavy atom. The zero-order valence-corrected chi connectivity index (χ0v) is 13.1. The number of ether oxygens (including phenoxy) is 1. The minimum Gasteiger partial charge on any atom is -0.485 e. The summed E-state index contributed by atoms with van der Waals surface area (Å²) in [4.78, 5) is 0. The van der Waals surface area contributed by atoms with Crippen LogP contribution in [0.5, 0.6) is 5.75 Å². The Labute approximate surface area is 133 Å². The lowest BCUT2D eigenvalue weighted by atomic mass is 10.2. The Morgan fingerprint density at radius 3 is 2.67 bits per heavy atom. The first kappa shape index (κ1) is 16.1. The fraction of sp³-hybridized carbons (Fsp3) is 0.250. The molecule has 0 saturated carbocycles. The van der Waals surface area contributed by atoms with Gasteiger partial charge >= 0.3 is 0 Å². The number of hydrogen-bond donors (Lipinski definition) is 1. The van der Waals surface area contributed by atoms with Gasteiger partial charge in [0.2, 0.25) is 0 Å². The van der Waals surface area contributed by atoms with Crippen molar-refractivity contribution in [2.45, 2.75) is 20.1 Å². The molecule has 0 bridgehead atoms. The van der Waals surface area contributed by atoms with Crippen LogP contribution in [-0.4, -0.2) is 6.54 Å². The fourth-order valence-electron chi connectivity index (χ4n) is 1.90.